The van der Waals surface area contributed by atoms with Crippen LogP contribution in [0.15, 0.2) is 48.1 Å². The number of anilines is 2. The van der Waals surface area contributed by atoms with E-state index in [2.05, 4.69) is 43.9 Å². The van der Waals surface area contributed by atoms with Gasteiger partial charge in [0.2, 0.25) is 0 Å². The summed E-state index contributed by atoms with van der Waals surface area (Å²) in [5, 5.41) is 11.3. The number of hydrazine groups is 2. The van der Waals surface area contributed by atoms with Gasteiger partial charge in [-0.2, -0.15) is 0 Å². The molecule has 204 valence electrons. The summed E-state index contributed by atoms with van der Waals surface area (Å²) in [5.41, 5.74) is 7.81. The van der Waals surface area contributed by atoms with Gasteiger partial charge in [0, 0.05) is 33.7 Å². The maximum Gasteiger partial charge on any atom is 0.274 e. The molecule has 1 saturated carbocycles. The van der Waals surface area contributed by atoms with Gasteiger partial charge in [-0.15, -0.1) is 10.6 Å². The van der Waals surface area contributed by atoms with Crippen LogP contribution >= 0.6 is 0 Å². The Kier molecular flexibility index (Phi) is 5.85. The van der Waals surface area contributed by atoms with Gasteiger partial charge in [0.25, 0.3) is 5.91 Å². The Bertz CT molecular complexity index is 1450. The van der Waals surface area contributed by atoms with Crippen LogP contribution in [0.4, 0.5) is 11.4 Å². The smallest absolute Gasteiger partial charge is 0.274 e. The maximum absolute atomic E-state index is 13.6. The molecule has 1 atom stereocenters. The number of nitrogens with one attached hydrogen (secondary N) is 2. The summed E-state index contributed by atoms with van der Waals surface area (Å²) >= 11 is 0. The lowest BCUT2D eigenvalue weighted by Crippen LogP contribution is -2.48. The topological polar surface area (TPSA) is 112 Å². The number of hydrogen-bond acceptors (Lipinski definition) is 10. The first-order valence-electron chi connectivity index (χ1n) is 13.4. The molecule has 0 unspecified atom stereocenters. The van der Waals surface area contributed by atoms with Crippen molar-refractivity contribution >= 4 is 23.1 Å². The van der Waals surface area contributed by atoms with E-state index in [0.717, 1.165) is 41.6 Å². The van der Waals surface area contributed by atoms with E-state index in [1.54, 1.807) is 11.3 Å². The number of carbonyl (C=O) groups excluding carboxylic acids is 1. The van der Waals surface area contributed by atoms with Crippen molar-refractivity contribution in [2.45, 2.75) is 31.7 Å². The van der Waals surface area contributed by atoms with Gasteiger partial charge >= 0.3 is 0 Å². The molecule has 7 rings (SSSR count). The number of imidazole rings is 1. The van der Waals surface area contributed by atoms with Crippen LogP contribution in [0.3, 0.4) is 0 Å². The number of fused-ring (bicyclic) bond motifs is 3. The summed E-state index contributed by atoms with van der Waals surface area (Å²) in [5.74, 6) is 1.55. The fourth-order valence-corrected chi connectivity index (χ4v) is 5.21. The van der Waals surface area contributed by atoms with Crippen molar-refractivity contribution in [3.8, 4) is 11.4 Å². The van der Waals surface area contributed by atoms with E-state index in [-0.39, 0.29) is 13.4 Å². The van der Waals surface area contributed by atoms with Gasteiger partial charge in [0.05, 0.1) is 60.1 Å². The second-order valence-electron chi connectivity index (χ2n) is 10.4. The zero-order valence-corrected chi connectivity index (χ0v) is 22.0. The summed E-state index contributed by atoms with van der Waals surface area (Å²) < 4.78 is 13.7. The van der Waals surface area contributed by atoms with Gasteiger partial charge in [-0.3, -0.25) is 9.80 Å². The Morgan fingerprint density at radius 1 is 1.18 bits per heavy atom. The van der Waals surface area contributed by atoms with Gasteiger partial charge < -0.3 is 24.3 Å². The number of rotatable bonds is 5. The third-order valence-corrected chi connectivity index (χ3v) is 7.46. The molecule has 12 nitrogen and oxygen atoms in total. The number of carbonyl (C=O) groups is 1. The van der Waals surface area contributed by atoms with Gasteiger partial charge in [-0.1, -0.05) is 6.07 Å². The van der Waals surface area contributed by atoms with Gasteiger partial charge in [0.1, 0.15) is 12.3 Å². The lowest BCUT2D eigenvalue weighted by Gasteiger charge is -2.30. The molecule has 3 aliphatic heterocycles. The summed E-state index contributed by atoms with van der Waals surface area (Å²) in [6.07, 6.45) is 8.04. The van der Waals surface area contributed by atoms with Crippen molar-refractivity contribution in [1.82, 2.24) is 30.2 Å². The largest absolute Gasteiger partial charge is 0.488 e. The zero-order chi connectivity index (χ0) is 26.5. The Labute approximate surface area is 227 Å². The molecule has 3 aromatic rings. The van der Waals surface area contributed by atoms with Crippen LogP contribution in [0.5, 0.6) is 5.75 Å². The lowest BCUT2D eigenvalue weighted by atomic mass is 10.1. The third kappa shape index (κ3) is 4.45. The minimum absolute atomic E-state index is 0. The van der Waals surface area contributed by atoms with Crippen molar-refractivity contribution in [2.24, 2.45) is 5.10 Å². The number of benzene rings is 1. The highest BCUT2D eigenvalue weighted by Gasteiger charge is 2.33. The van der Waals surface area contributed by atoms with E-state index >= 15 is 0 Å². The quantitative estimate of drug-likeness (QED) is 0.513. The normalized spacial score (nSPS) is 20.6. The number of amidine groups is 1. The van der Waals surface area contributed by atoms with Gasteiger partial charge in [-0.25, -0.2) is 15.1 Å². The highest BCUT2D eigenvalue weighted by atomic mass is 16.5. The van der Waals surface area contributed by atoms with Crippen molar-refractivity contribution in [3.63, 3.8) is 0 Å². The molecule has 0 spiro atoms. The Morgan fingerprint density at radius 3 is 2.85 bits per heavy atom. The van der Waals surface area contributed by atoms with Crippen molar-refractivity contribution in [1.29, 1.82) is 0 Å². The third-order valence-electron chi connectivity index (χ3n) is 7.46. The first-order valence-corrected chi connectivity index (χ1v) is 13.4. The first-order chi connectivity index (χ1) is 19.0. The molecule has 1 amide bonds. The molecule has 4 aliphatic rings. The molecule has 2 aromatic heterocycles. The average Bonchev–Trinajstić information content (AvgIpc) is 3.59. The van der Waals surface area contributed by atoms with Gasteiger partial charge in [-0.05, 0) is 38.0 Å². The fraction of sp³-hybridized carbons (Fsp3) is 0.407. The number of aromatic nitrogens is 3. The second kappa shape index (κ2) is 9.54. The number of pyridine rings is 1. The van der Waals surface area contributed by atoms with E-state index in [4.69, 9.17) is 9.47 Å². The highest BCUT2D eigenvalue weighted by molar-refractivity contribution is 6.08. The van der Waals surface area contributed by atoms with E-state index in [1.165, 1.54) is 12.8 Å². The number of ether oxygens (including phenoxy) is 2. The summed E-state index contributed by atoms with van der Waals surface area (Å²) in [6, 6.07) is 7.55. The number of nitrogens with zero attached hydrogens (tertiary/aromatic N) is 7. The monoisotopic (exact) mass is 531 g/mol. The molecule has 1 aliphatic carbocycles. The van der Waals surface area contributed by atoms with E-state index < -0.39 is 0 Å². The van der Waals surface area contributed by atoms with Crippen molar-refractivity contribution < 1.29 is 15.7 Å². The standard InChI is InChI=1S/C27H31N9O3.H2/c1-17-15-39-25-19(26-31-33(2)32-36(17)26)4-3-5-20(25)30-27(37)21-12-23(35-14-22(29-16-35)18-6-7-18)24(13-28-21)34-8-10-38-11-9-34;/h3-5,12-14,16-18,32H,6-11,15H2,1-2H3,(H,30,37);1H/t17-;/m1./s1. The minimum atomic E-state index is -0.318. The predicted molar refractivity (Wildman–Crippen MR) is 147 cm³/mol. The zero-order valence-electron chi connectivity index (χ0n) is 22.0. The molecule has 12 heteroatoms. The molecule has 1 saturated heterocycles. The predicted octanol–water partition coefficient (Wildman–Crippen LogP) is 2.59. The number of para-hydroxylation sites is 1. The van der Waals surface area contributed by atoms with Crippen LogP contribution in [-0.2, 0) is 4.74 Å². The molecule has 5 heterocycles. The van der Waals surface area contributed by atoms with Crippen LogP contribution in [0.1, 0.15) is 48.9 Å². The molecule has 2 fully saturated rings. The average molecular weight is 532 g/mol. The maximum atomic E-state index is 13.6. The summed E-state index contributed by atoms with van der Waals surface area (Å²) in [4.78, 5) is 25.0. The fourth-order valence-electron chi connectivity index (χ4n) is 5.21. The van der Waals surface area contributed by atoms with Gasteiger partial charge in [0.15, 0.2) is 11.6 Å². The van der Waals surface area contributed by atoms with Crippen LogP contribution in [0.25, 0.3) is 5.69 Å². The Hall–Kier alpha value is -4.16. The Balaban J connectivity index is 0.00000289. The summed E-state index contributed by atoms with van der Waals surface area (Å²) in [7, 11) is 1.85. The molecular weight excluding hydrogens is 498 g/mol. The van der Waals surface area contributed by atoms with Crippen LogP contribution in [0, 0.1) is 0 Å². The minimum Gasteiger partial charge on any atom is -0.488 e. The molecule has 39 heavy (non-hydrogen) atoms. The lowest BCUT2D eigenvalue weighted by molar-refractivity contribution is 0.0943. The number of hydrogen-bond donors (Lipinski definition) is 2. The molecule has 2 N–H and O–H groups in total. The van der Waals surface area contributed by atoms with Crippen LogP contribution in [0.2, 0.25) is 0 Å². The van der Waals surface area contributed by atoms with E-state index in [9.17, 15) is 4.79 Å². The molecule has 0 radical (unpaired) electrons. The Morgan fingerprint density at radius 2 is 2.03 bits per heavy atom. The molecule has 1 aromatic carbocycles. The van der Waals surface area contributed by atoms with Crippen molar-refractivity contribution in [2.75, 3.05) is 50.2 Å². The van der Waals surface area contributed by atoms with Crippen molar-refractivity contribution in [3.05, 3.63) is 59.9 Å². The van der Waals surface area contributed by atoms with Crippen LogP contribution in [-0.4, -0.2) is 82.4 Å². The number of amides is 1. The first kappa shape index (κ1) is 23.9. The molecule has 0 bridgehead atoms. The number of morpholine rings is 1. The molecular formula is C27H33N9O3. The van der Waals surface area contributed by atoms with E-state index in [1.807, 2.05) is 47.2 Å². The second-order valence-corrected chi connectivity index (χ2v) is 10.4. The highest BCUT2D eigenvalue weighted by Crippen LogP contribution is 2.40. The van der Waals surface area contributed by atoms with Crippen LogP contribution < -0.4 is 20.5 Å². The SMILES string of the molecule is C[C@@H]1COc2c(NC(=O)c3cc(-n4cnc(C5CC5)c4)c(N4CCOCC4)cn3)cccc2C2=NN(C)NN21.[HH]. The summed E-state index contributed by atoms with van der Waals surface area (Å²) in [6.45, 7) is 5.33. The number of hydrazone groups is 1. The van der Waals surface area contributed by atoms with E-state index in [0.29, 0.717) is 42.9 Å².